The van der Waals surface area contributed by atoms with Crippen molar-refractivity contribution < 1.29 is 42.7 Å². The molecule has 1 fully saturated rings. The summed E-state index contributed by atoms with van der Waals surface area (Å²) in [6.45, 7) is 2.55. The van der Waals surface area contributed by atoms with Gasteiger partial charge in [0.2, 0.25) is 12.5 Å². The van der Waals surface area contributed by atoms with Crippen molar-refractivity contribution >= 4 is 11.9 Å². The zero-order valence-electron chi connectivity index (χ0n) is 26.6. The summed E-state index contributed by atoms with van der Waals surface area (Å²) in [7, 11) is 6.24. The maximum absolute atomic E-state index is 13.8. The number of nitrogens with one attached hydrogen (secondary N) is 1. The summed E-state index contributed by atoms with van der Waals surface area (Å²) in [5.74, 6) is 0.892. The summed E-state index contributed by atoms with van der Waals surface area (Å²) in [6, 6.07) is 12.7. The highest BCUT2D eigenvalue weighted by Crippen LogP contribution is 2.55. The van der Waals surface area contributed by atoms with Crippen molar-refractivity contribution in [3.8, 4) is 34.5 Å². The molecule has 1 aromatic heterocycles. The first-order valence-corrected chi connectivity index (χ1v) is 15.1. The number of aromatic nitrogens is 3. The Morgan fingerprint density at radius 3 is 2.30 bits per heavy atom. The minimum absolute atomic E-state index is 0.0644. The summed E-state index contributed by atoms with van der Waals surface area (Å²) in [5, 5.41) is 11.5. The Labute approximate surface area is 270 Å². The molecule has 13 nitrogen and oxygen atoms in total. The molecule has 7 rings (SSSR count). The monoisotopic (exact) mass is 642 g/mol. The predicted octanol–water partition coefficient (Wildman–Crippen LogP) is 3.80. The van der Waals surface area contributed by atoms with Crippen molar-refractivity contribution in [2.75, 3.05) is 41.8 Å². The van der Waals surface area contributed by atoms with Crippen molar-refractivity contribution in [2.45, 2.75) is 25.4 Å². The van der Waals surface area contributed by atoms with Gasteiger partial charge in [-0.15, -0.1) is 5.10 Å². The first kappa shape index (κ1) is 30.2. The maximum Gasteiger partial charge on any atom is 0.310 e. The number of aryl methyl sites for hydroxylation is 1. The Kier molecular flexibility index (Phi) is 7.74. The number of ether oxygens (including phenoxy) is 7. The second-order valence-corrected chi connectivity index (χ2v) is 11.6. The zero-order valence-corrected chi connectivity index (χ0v) is 26.6. The Bertz CT molecular complexity index is 1850. The molecule has 1 saturated heterocycles. The van der Waals surface area contributed by atoms with Crippen LogP contribution in [0.4, 0.5) is 0 Å². The lowest BCUT2D eigenvalue weighted by molar-refractivity contribution is -0.141. The maximum atomic E-state index is 13.8. The van der Waals surface area contributed by atoms with Gasteiger partial charge in [-0.1, -0.05) is 17.3 Å². The molecule has 1 amide bonds. The van der Waals surface area contributed by atoms with Gasteiger partial charge in [-0.3, -0.25) is 9.59 Å². The molecule has 0 spiro atoms. The van der Waals surface area contributed by atoms with E-state index in [4.69, 9.17) is 33.2 Å². The second kappa shape index (κ2) is 12.0. The van der Waals surface area contributed by atoms with Gasteiger partial charge in [-0.05, 0) is 65.1 Å². The van der Waals surface area contributed by atoms with Crippen LogP contribution < -0.4 is 33.7 Å². The third-order valence-electron chi connectivity index (χ3n) is 9.11. The molecule has 1 N–H and O–H groups in total. The van der Waals surface area contributed by atoms with E-state index in [0.717, 1.165) is 33.6 Å². The van der Waals surface area contributed by atoms with E-state index in [1.165, 1.54) is 7.11 Å². The smallest absolute Gasteiger partial charge is 0.310 e. The Hall–Kier alpha value is -5.46. The van der Waals surface area contributed by atoms with Crippen LogP contribution in [0.25, 0.3) is 0 Å². The molecule has 0 saturated carbocycles. The van der Waals surface area contributed by atoms with E-state index in [1.54, 1.807) is 32.2 Å². The van der Waals surface area contributed by atoms with Crippen LogP contribution in [0, 0.1) is 18.8 Å². The number of benzene rings is 3. The average Bonchev–Trinajstić information content (AvgIpc) is 3.84. The highest BCUT2D eigenvalue weighted by atomic mass is 16.7. The molecule has 47 heavy (non-hydrogen) atoms. The minimum atomic E-state index is -0.636. The van der Waals surface area contributed by atoms with Gasteiger partial charge in [0.1, 0.15) is 5.75 Å². The van der Waals surface area contributed by atoms with Crippen LogP contribution in [0.3, 0.4) is 0 Å². The van der Waals surface area contributed by atoms with Crippen LogP contribution in [0.5, 0.6) is 34.5 Å². The van der Waals surface area contributed by atoms with Crippen LogP contribution in [0.1, 0.15) is 50.3 Å². The number of methoxy groups -OCH3 is 4. The fraction of sp³-hybridized carbons (Fsp3) is 0.353. The number of fused-ring (bicyclic) bond motifs is 3. The molecule has 0 unspecified atom stereocenters. The molecular formula is C34H34N4O9. The molecule has 0 radical (unpaired) electrons. The van der Waals surface area contributed by atoms with Crippen molar-refractivity contribution in [3.63, 3.8) is 0 Å². The van der Waals surface area contributed by atoms with Crippen molar-refractivity contribution in [2.24, 2.45) is 11.8 Å². The van der Waals surface area contributed by atoms with E-state index in [-0.39, 0.29) is 25.1 Å². The summed E-state index contributed by atoms with van der Waals surface area (Å²) in [5.41, 5.74) is 4.43. The van der Waals surface area contributed by atoms with E-state index < -0.39 is 29.7 Å². The van der Waals surface area contributed by atoms with Gasteiger partial charge in [0.15, 0.2) is 28.7 Å². The van der Waals surface area contributed by atoms with Crippen LogP contribution in [-0.4, -0.2) is 68.7 Å². The molecule has 3 aliphatic rings. The fourth-order valence-electron chi connectivity index (χ4n) is 6.87. The summed E-state index contributed by atoms with van der Waals surface area (Å²) in [6.07, 6.45) is 1.59. The molecule has 13 heteroatoms. The van der Waals surface area contributed by atoms with Gasteiger partial charge in [0.05, 0.1) is 59.7 Å². The molecule has 3 heterocycles. The number of esters is 1. The number of hydrogen-bond donors (Lipinski definition) is 1. The van der Waals surface area contributed by atoms with Crippen LogP contribution in [0.15, 0.2) is 48.7 Å². The summed E-state index contributed by atoms with van der Waals surface area (Å²) in [4.78, 5) is 27.3. The van der Waals surface area contributed by atoms with Crippen molar-refractivity contribution in [3.05, 3.63) is 82.2 Å². The number of amides is 1. The van der Waals surface area contributed by atoms with E-state index in [0.29, 0.717) is 35.3 Å². The zero-order chi connectivity index (χ0) is 32.8. The molecule has 4 atom stereocenters. The first-order valence-electron chi connectivity index (χ1n) is 15.1. The van der Waals surface area contributed by atoms with Crippen molar-refractivity contribution in [1.82, 2.24) is 20.3 Å². The normalized spacial score (nSPS) is 20.6. The lowest BCUT2D eigenvalue weighted by atomic mass is 9.65. The van der Waals surface area contributed by atoms with Gasteiger partial charge in [0, 0.05) is 11.8 Å². The van der Waals surface area contributed by atoms with Gasteiger partial charge in [-0.2, -0.15) is 0 Å². The number of carbonyl (C=O) groups is 2. The highest BCUT2D eigenvalue weighted by molar-refractivity contribution is 5.92. The molecule has 3 aromatic carbocycles. The second-order valence-electron chi connectivity index (χ2n) is 11.6. The van der Waals surface area contributed by atoms with Crippen LogP contribution >= 0.6 is 0 Å². The SMILES string of the molecule is COc1cc(Cn2cc(C(=O)N[C@@H]3c4cc5c(cc4[C@@H](c4cc(OC)c(OC)c(OC)c4)[C@H]4C(=O)OC[C@@H]43)OCO5)nn2)ccc1C. The Morgan fingerprint density at radius 1 is 0.915 bits per heavy atom. The topological polar surface area (TPSA) is 141 Å². The highest BCUT2D eigenvalue weighted by Gasteiger charge is 2.53. The molecule has 1 aliphatic carbocycles. The summed E-state index contributed by atoms with van der Waals surface area (Å²) < 4.78 is 41.0. The van der Waals surface area contributed by atoms with Crippen LogP contribution in [-0.2, 0) is 16.1 Å². The van der Waals surface area contributed by atoms with E-state index in [9.17, 15) is 9.59 Å². The lowest BCUT2D eigenvalue weighted by Crippen LogP contribution is -2.43. The van der Waals surface area contributed by atoms with Gasteiger partial charge >= 0.3 is 5.97 Å². The number of carbonyl (C=O) groups excluding carboxylic acids is 2. The standard InChI is InChI=1S/C34H34N4O9/c1-17-6-7-18(8-24(17)41-2)13-38-14-23(36-37-38)33(39)35-31-21-12-26-25(46-16-47-26)11-20(21)29(30-22(31)15-45-34(30)40)19-9-27(42-3)32(44-5)28(10-19)43-4/h6-12,14,22,29-31H,13,15-16H2,1-5H3,(H,35,39)/t22-,29+,30-,31+/m0/s1. The lowest BCUT2D eigenvalue weighted by Gasteiger charge is -2.39. The minimum Gasteiger partial charge on any atom is -0.496 e. The quantitative estimate of drug-likeness (QED) is 0.267. The predicted molar refractivity (Wildman–Crippen MR) is 166 cm³/mol. The molecule has 244 valence electrons. The van der Waals surface area contributed by atoms with Crippen molar-refractivity contribution in [1.29, 1.82) is 0 Å². The van der Waals surface area contributed by atoms with Gasteiger partial charge in [-0.25, -0.2) is 4.68 Å². The Balaban J connectivity index is 1.25. The van der Waals surface area contributed by atoms with Crippen LogP contribution in [0.2, 0.25) is 0 Å². The molecule has 2 aliphatic heterocycles. The number of hydrogen-bond acceptors (Lipinski definition) is 11. The molecule has 0 bridgehead atoms. The average molecular weight is 643 g/mol. The summed E-state index contributed by atoms with van der Waals surface area (Å²) >= 11 is 0. The largest absolute Gasteiger partial charge is 0.496 e. The van der Waals surface area contributed by atoms with E-state index in [2.05, 4.69) is 15.6 Å². The first-order chi connectivity index (χ1) is 22.8. The number of nitrogens with zero attached hydrogens (tertiary/aromatic N) is 3. The third-order valence-corrected chi connectivity index (χ3v) is 9.11. The number of cyclic esters (lactones) is 1. The fourth-order valence-corrected chi connectivity index (χ4v) is 6.87. The van der Waals surface area contributed by atoms with Gasteiger partial charge < -0.3 is 38.5 Å². The molecule has 4 aromatic rings. The Morgan fingerprint density at radius 2 is 1.62 bits per heavy atom. The van der Waals surface area contributed by atoms with Gasteiger partial charge in [0.25, 0.3) is 5.91 Å². The number of rotatable bonds is 9. The van der Waals surface area contributed by atoms with E-state index in [1.807, 2.05) is 49.4 Å². The van der Waals surface area contributed by atoms with E-state index >= 15 is 0 Å². The molecular weight excluding hydrogens is 608 g/mol. The third kappa shape index (κ3) is 5.21.